The lowest BCUT2D eigenvalue weighted by Crippen LogP contribution is -2.35. The number of aromatic nitrogens is 3. The maximum Gasteiger partial charge on any atom is 0.420 e. The van der Waals surface area contributed by atoms with E-state index in [0.29, 0.717) is 41.1 Å². The van der Waals surface area contributed by atoms with Gasteiger partial charge in [-0.25, -0.2) is 14.3 Å². The zero-order valence-electron chi connectivity index (χ0n) is 25.6. The molecule has 0 spiro atoms. The van der Waals surface area contributed by atoms with E-state index in [2.05, 4.69) is 17.0 Å². The molecule has 2 aromatic carbocycles. The van der Waals surface area contributed by atoms with Gasteiger partial charge in [-0.15, -0.1) is 0 Å². The Morgan fingerprint density at radius 1 is 1.02 bits per heavy atom. The van der Waals surface area contributed by atoms with E-state index in [9.17, 15) is 14.4 Å². The Bertz CT molecular complexity index is 1750. The number of fused-ring (bicyclic) bond motifs is 3. The van der Waals surface area contributed by atoms with Crippen molar-refractivity contribution in [2.45, 2.75) is 65.1 Å². The molecule has 226 valence electrons. The van der Waals surface area contributed by atoms with Gasteiger partial charge in [0.1, 0.15) is 11.4 Å². The van der Waals surface area contributed by atoms with Crippen LogP contribution in [0.15, 0.2) is 78.5 Å². The Morgan fingerprint density at radius 2 is 1.73 bits per heavy atom. The topological polar surface area (TPSA) is 97.6 Å². The minimum atomic E-state index is -0.671. The summed E-state index contributed by atoms with van der Waals surface area (Å²) >= 11 is 0. The van der Waals surface area contributed by atoms with E-state index >= 15 is 0 Å². The number of nitrogens with zero attached hydrogens (tertiary/aromatic N) is 5. The van der Waals surface area contributed by atoms with Gasteiger partial charge in [0.15, 0.2) is 0 Å². The van der Waals surface area contributed by atoms with E-state index < -0.39 is 11.7 Å². The number of imide groups is 1. The van der Waals surface area contributed by atoms with Gasteiger partial charge in [-0.3, -0.25) is 24.4 Å². The van der Waals surface area contributed by atoms with Crippen molar-refractivity contribution in [3.8, 4) is 0 Å². The Labute approximate surface area is 257 Å². The normalized spacial score (nSPS) is 16.9. The van der Waals surface area contributed by atoms with E-state index in [1.165, 1.54) is 10.5 Å². The summed E-state index contributed by atoms with van der Waals surface area (Å²) in [6.45, 7) is 8.56. The van der Waals surface area contributed by atoms with E-state index in [1.54, 1.807) is 28.8 Å². The average Bonchev–Trinajstić information content (AvgIpc) is 3.48. The molecule has 3 heterocycles. The number of hydrogen-bond acceptors (Lipinski definition) is 7. The molecule has 1 aliphatic heterocycles. The highest BCUT2D eigenvalue weighted by atomic mass is 16.6. The highest BCUT2D eigenvalue weighted by molar-refractivity contribution is 6.21. The molecule has 44 heavy (non-hydrogen) atoms. The van der Waals surface area contributed by atoms with Crippen molar-refractivity contribution in [3.63, 3.8) is 0 Å². The zero-order chi connectivity index (χ0) is 31.0. The first-order valence-electron chi connectivity index (χ1n) is 15.1. The monoisotopic (exact) mass is 591 g/mol. The fraction of sp³-hybridized carbons (Fsp3) is 0.343. The first-order valence-corrected chi connectivity index (χ1v) is 15.1. The summed E-state index contributed by atoms with van der Waals surface area (Å²) in [7, 11) is 0. The Kier molecular flexibility index (Phi) is 7.90. The van der Waals surface area contributed by atoms with Gasteiger partial charge in [0.05, 0.1) is 47.0 Å². The van der Waals surface area contributed by atoms with Crippen molar-refractivity contribution in [1.29, 1.82) is 0 Å². The van der Waals surface area contributed by atoms with Gasteiger partial charge < -0.3 is 4.74 Å². The molecule has 6 rings (SSSR count). The van der Waals surface area contributed by atoms with Crippen LogP contribution in [0.1, 0.15) is 84.4 Å². The first kappa shape index (κ1) is 29.4. The average molecular weight is 592 g/mol. The van der Waals surface area contributed by atoms with Gasteiger partial charge in [0, 0.05) is 12.7 Å². The molecule has 2 amide bonds. The standard InChI is InChI=1S/C35H37N5O4/c1-23(21-39-32(41)25-13-5-6-14-26(25)33(39)42)18-20-38(29-17-9-11-24-12-10-19-36-31(24)29)22-30-37-27-15-7-8-16-28(27)40(30)34(43)44-35(2,3)4/h5-8,10,12-16,18-19,29H,9,11,17,20-22H2,1-4H3. The van der Waals surface area contributed by atoms with Crippen molar-refractivity contribution in [2.24, 2.45) is 0 Å². The quantitative estimate of drug-likeness (QED) is 0.183. The van der Waals surface area contributed by atoms with Gasteiger partial charge in [-0.1, -0.05) is 42.0 Å². The summed E-state index contributed by atoms with van der Waals surface area (Å²) in [4.78, 5) is 52.8. The van der Waals surface area contributed by atoms with Crippen LogP contribution in [-0.4, -0.2) is 60.9 Å². The van der Waals surface area contributed by atoms with Gasteiger partial charge in [0.2, 0.25) is 0 Å². The van der Waals surface area contributed by atoms with Crippen LogP contribution >= 0.6 is 0 Å². The predicted octanol–water partition coefficient (Wildman–Crippen LogP) is 6.34. The second-order valence-electron chi connectivity index (χ2n) is 12.5. The zero-order valence-corrected chi connectivity index (χ0v) is 25.6. The summed E-state index contributed by atoms with van der Waals surface area (Å²) in [5.41, 5.74) is 4.77. The van der Waals surface area contributed by atoms with Gasteiger partial charge in [0.25, 0.3) is 11.8 Å². The molecule has 1 atom stereocenters. The largest absolute Gasteiger partial charge is 0.443 e. The van der Waals surface area contributed by atoms with Crippen LogP contribution in [0.25, 0.3) is 11.0 Å². The Hall–Kier alpha value is -4.63. The summed E-state index contributed by atoms with van der Waals surface area (Å²) in [5, 5.41) is 0. The highest BCUT2D eigenvalue weighted by Gasteiger charge is 2.35. The number of rotatable bonds is 7. The second-order valence-corrected chi connectivity index (χ2v) is 12.5. The summed E-state index contributed by atoms with van der Waals surface area (Å²) in [5.74, 6) is 0.0355. The molecule has 0 radical (unpaired) electrons. The van der Waals surface area contributed by atoms with E-state index in [1.807, 2.05) is 64.2 Å². The summed E-state index contributed by atoms with van der Waals surface area (Å²) in [6.07, 6.45) is 6.30. The predicted molar refractivity (Wildman–Crippen MR) is 167 cm³/mol. The number of hydrogen-bond donors (Lipinski definition) is 0. The van der Waals surface area contributed by atoms with Gasteiger partial charge in [-0.05, 0) is 82.9 Å². The van der Waals surface area contributed by atoms with Crippen molar-refractivity contribution < 1.29 is 19.1 Å². The highest BCUT2D eigenvalue weighted by Crippen LogP contribution is 2.34. The molecule has 0 saturated heterocycles. The van der Waals surface area contributed by atoms with Crippen LogP contribution in [0.5, 0.6) is 0 Å². The minimum Gasteiger partial charge on any atom is -0.443 e. The summed E-state index contributed by atoms with van der Waals surface area (Å²) < 4.78 is 7.38. The first-order chi connectivity index (χ1) is 21.1. The molecular weight excluding hydrogens is 554 g/mol. The number of aryl methyl sites for hydroxylation is 1. The number of carbonyl (C=O) groups excluding carboxylic acids is 3. The molecule has 0 bridgehead atoms. The van der Waals surface area contributed by atoms with Gasteiger partial charge in [-0.2, -0.15) is 0 Å². The number of imidazole rings is 1. The molecular formula is C35H37N5O4. The molecule has 0 fully saturated rings. The molecule has 0 saturated carbocycles. The van der Waals surface area contributed by atoms with Crippen molar-refractivity contribution in [1.82, 2.24) is 24.3 Å². The molecule has 0 N–H and O–H groups in total. The third-order valence-electron chi connectivity index (χ3n) is 8.12. The van der Waals surface area contributed by atoms with E-state index in [-0.39, 0.29) is 24.4 Å². The molecule has 2 aliphatic rings. The fourth-order valence-electron chi connectivity index (χ4n) is 6.09. The van der Waals surface area contributed by atoms with Crippen LogP contribution in [0.2, 0.25) is 0 Å². The number of benzene rings is 2. The lowest BCUT2D eigenvalue weighted by atomic mass is 9.90. The van der Waals surface area contributed by atoms with Crippen LogP contribution in [0.3, 0.4) is 0 Å². The van der Waals surface area contributed by atoms with Crippen LogP contribution in [0, 0.1) is 0 Å². The minimum absolute atomic E-state index is 0.00444. The number of para-hydroxylation sites is 2. The number of carbonyl (C=O) groups is 3. The van der Waals surface area contributed by atoms with E-state index in [0.717, 1.165) is 30.5 Å². The third-order valence-corrected chi connectivity index (χ3v) is 8.12. The maximum absolute atomic E-state index is 13.5. The molecule has 9 nitrogen and oxygen atoms in total. The van der Waals surface area contributed by atoms with Crippen molar-refractivity contribution in [2.75, 3.05) is 13.1 Å². The molecule has 1 aliphatic carbocycles. The Balaban J connectivity index is 1.33. The fourth-order valence-corrected chi connectivity index (χ4v) is 6.09. The molecule has 1 unspecified atom stereocenters. The number of amides is 2. The molecule has 9 heteroatoms. The van der Waals surface area contributed by atoms with Crippen molar-refractivity contribution >= 4 is 28.9 Å². The summed E-state index contributed by atoms with van der Waals surface area (Å²) in [6, 6.07) is 18.6. The lowest BCUT2D eigenvalue weighted by Gasteiger charge is -2.34. The SMILES string of the molecule is CC(=CCN(Cc1nc2ccccc2n1C(=O)OC(C)(C)C)C1CCCc2cccnc21)CN1C(=O)c2ccccc2C1=O. The Morgan fingerprint density at radius 3 is 2.45 bits per heavy atom. The second kappa shape index (κ2) is 11.8. The number of pyridine rings is 1. The van der Waals surface area contributed by atoms with Gasteiger partial charge >= 0.3 is 6.09 Å². The van der Waals surface area contributed by atoms with Crippen molar-refractivity contribution in [3.05, 3.63) is 107 Å². The third kappa shape index (κ3) is 5.79. The van der Waals surface area contributed by atoms with E-state index in [4.69, 9.17) is 14.7 Å². The number of ether oxygens (including phenoxy) is 1. The molecule has 4 aromatic rings. The lowest BCUT2D eigenvalue weighted by molar-refractivity contribution is 0.0531. The smallest absolute Gasteiger partial charge is 0.420 e. The van der Waals surface area contributed by atoms with Crippen LogP contribution in [-0.2, 0) is 17.7 Å². The molecule has 2 aromatic heterocycles. The maximum atomic E-state index is 13.5. The van der Waals surface area contributed by atoms with Crippen LogP contribution < -0.4 is 0 Å². The van der Waals surface area contributed by atoms with Crippen LogP contribution in [0.4, 0.5) is 4.79 Å².